The van der Waals surface area contributed by atoms with Crippen molar-refractivity contribution in [3.05, 3.63) is 60.8 Å². The summed E-state index contributed by atoms with van der Waals surface area (Å²) in [7, 11) is -4.77. The molecule has 0 aliphatic heterocycles. The van der Waals surface area contributed by atoms with E-state index in [0.29, 0.717) is 12.8 Å². The van der Waals surface area contributed by atoms with Gasteiger partial charge in [-0.25, -0.2) is 9.36 Å². The van der Waals surface area contributed by atoms with Crippen LogP contribution in [0.3, 0.4) is 0 Å². The molecular formula is C57H102NO10P. The number of carboxylic acid groups (broad SMARTS) is 1. The number of hydrogen-bond acceptors (Lipinski definition) is 8. The lowest BCUT2D eigenvalue weighted by atomic mass is 10.0. The minimum atomic E-state index is -4.77. The van der Waals surface area contributed by atoms with Gasteiger partial charge in [0.05, 0.1) is 13.2 Å². The monoisotopic (exact) mass is 992 g/mol. The summed E-state index contributed by atoms with van der Waals surface area (Å²) in [6, 6.07) is -1.56. The van der Waals surface area contributed by atoms with Gasteiger partial charge in [0.2, 0.25) is 5.91 Å². The van der Waals surface area contributed by atoms with Gasteiger partial charge in [0.1, 0.15) is 12.7 Å². The predicted octanol–water partition coefficient (Wildman–Crippen LogP) is 15.8. The zero-order chi connectivity index (χ0) is 50.6. The molecule has 0 spiro atoms. The second-order valence-corrected chi connectivity index (χ2v) is 20.2. The number of phosphoric ester groups is 1. The molecule has 400 valence electrons. The van der Waals surface area contributed by atoms with Gasteiger partial charge in [-0.15, -0.1) is 0 Å². The third-order valence-corrected chi connectivity index (χ3v) is 13.0. The normalized spacial score (nSPS) is 13.9. The smallest absolute Gasteiger partial charge is 0.472 e. The number of carbonyl (C=O) groups excluding carboxylic acids is 2. The third kappa shape index (κ3) is 51.4. The number of hydrogen-bond donors (Lipinski definition) is 4. The summed E-state index contributed by atoms with van der Waals surface area (Å²) in [6.07, 6.45) is 62.5. The first-order chi connectivity index (χ1) is 33.6. The van der Waals surface area contributed by atoms with Crippen molar-refractivity contribution in [2.24, 2.45) is 0 Å². The van der Waals surface area contributed by atoms with Gasteiger partial charge in [0, 0.05) is 12.8 Å². The van der Waals surface area contributed by atoms with Crippen molar-refractivity contribution in [3.8, 4) is 0 Å². The zero-order valence-corrected chi connectivity index (χ0v) is 44.8. The van der Waals surface area contributed by atoms with Crippen LogP contribution in [0.5, 0.6) is 0 Å². The molecule has 1 amide bonds. The summed E-state index contributed by atoms with van der Waals surface area (Å²) in [4.78, 5) is 46.2. The van der Waals surface area contributed by atoms with E-state index in [2.05, 4.69) is 79.9 Å². The molecule has 0 saturated carbocycles. The maximum atomic E-state index is 12.4. The summed E-state index contributed by atoms with van der Waals surface area (Å²) >= 11 is 0. The SMILES string of the molecule is CC/C=C\C/C=C\C/C=C\C/C=C\C/C=C\CCCCCCCC(=O)NC(COP(=O)(O)OCC(O)COC(=O)CCCCCCCCCCCCCCCCCCCCCCCCCC)C(=O)O. The largest absolute Gasteiger partial charge is 0.480 e. The molecule has 0 aromatic heterocycles. The molecule has 0 aliphatic rings. The van der Waals surface area contributed by atoms with E-state index in [9.17, 15) is 34.1 Å². The molecule has 0 aliphatic carbocycles. The average molecular weight is 992 g/mol. The van der Waals surface area contributed by atoms with Crippen LogP contribution in [0.4, 0.5) is 0 Å². The Bertz CT molecular complexity index is 1400. The summed E-state index contributed by atoms with van der Waals surface area (Å²) in [5, 5.41) is 22.0. The van der Waals surface area contributed by atoms with Crippen molar-refractivity contribution in [1.29, 1.82) is 0 Å². The predicted molar refractivity (Wildman–Crippen MR) is 286 cm³/mol. The van der Waals surface area contributed by atoms with Gasteiger partial charge in [-0.2, -0.15) is 0 Å². The number of rotatable bonds is 52. The van der Waals surface area contributed by atoms with Gasteiger partial charge >= 0.3 is 19.8 Å². The first-order valence-electron chi connectivity index (χ1n) is 27.8. The Balaban J connectivity index is 3.80. The number of allylic oxidation sites excluding steroid dienone is 10. The number of carboxylic acids is 1. The standard InChI is InChI=1S/C57H102NO10P/c1-3-5-7-9-11-13-15-17-19-21-23-25-26-27-29-31-33-35-37-39-41-43-45-47-49-56(61)66-50-53(59)51-67-69(64,65)68-52-54(57(62)63)58-55(60)48-46-44-42-40-38-36-34-32-30-28-24-22-20-18-16-14-12-10-8-6-4-2/h6,8,12,14,18,20,24,28,32,34,53-54,59H,3-5,7,9-11,13,15-17,19,21-23,25-27,29-31,33,35-52H2,1-2H3,(H,58,60)(H,62,63)(H,64,65)/b8-6-,14-12-,20-18-,28-24-,34-32-. The van der Waals surface area contributed by atoms with Crippen LogP contribution in [0.25, 0.3) is 0 Å². The molecule has 0 bridgehead atoms. The number of carbonyl (C=O) groups is 3. The molecular weight excluding hydrogens is 890 g/mol. The fourth-order valence-electron chi connectivity index (χ4n) is 7.82. The van der Waals surface area contributed by atoms with Crippen LogP contribution in [0, 0.1) is 0 Å². The molecule has 11 nitrogen and oxygen atoms in total. The van der Waals surface area contributed by atoms with Crippen molar-refractivity contribution in [2.45, 2.75) is 264 Å². The van der Waals surface area contributed by atoms with E-state index in [4.69, 9.17) is 13.8 Å². The lowest BCUT2D eigenvalue weighted by Crippen LogP contribution is -2.43. The van der Waals surface area contributed by atoms with Crippen molar-refractivity contribution in [3.63, 3.8) is 0 Å². The summed E-state index contributed by atoms with van der Waals surface area (Å²) in [6.45, 7) is 2.51. The number of esters is 1. The molecule has 3 unspecified atom stereocenters. The van der Waals surface area contributed by atoms with Crippen molar-refractivity contribution in [1.82, 2.24) is 5.32 Å². The summed E-state index contributed by atoms with van der Waals surface area (Å²) in [5.74, 6) is -2.39. The minimum absolute atomic E-state index is 0.121. The van der Waals surface area contributed by atoms with Crippen LogP contribution in [0.1, 0.15) is 251 Å². The topological polar surface area (TPSA) is 169 Å². The van der Waals surface area contributed by atoms with E-state index in [1.165, 1.54) is 128 Å². The fraction of sp³-hybridized carbons (Fsp3) is 0.772. The second kappa shape index (κ2) is 51.5. The van der Waals surface area contributed by atoms with E-state index in [0.717, 1.165) is 83.5 Å². The number of aliphatic carboxylic acids is 1. The number of aliphatic hydroxyl groups is 1. The maximum Gasteiger partial charge on any atom is 0.472 e. The molecule has 3 atom stereocenters. The first kappa shape index (κ1) is 66.2. The minimum Gasteiger partial charge on any atom is -0.480 e. The summed E-state index contributed by atoms with van der Waals surface area (Å²) < 4.78 is 27.0. The molecule has 0 rings (SSSR count). The van der Waals surface area contributed by atoms with Crippen LogP contribution in [-0.4, -0.2) is 64.9 Å². The van der Waals surface area contributed by atoms with E-state index < -0.39 is 57.6 Å². The second-order valence-electron chi connectivity index (χ2n) is 18.8. The highest BCUT2D eigenvalue weighted by Crippen LogP contribution is 2.43. The van der Waals surface area contributed by atoms with Gasteiger partial charge in [0.15, 0.2) is 6.04 Å². The first-order valence-corrected chi connectivity index (χ1v) is 29.3. The van der Waals surface area contributed by atoms with E-state index in [-0.39, 0.29) is 12.8 Å². The Morgan fingerprint density at radius 3 is 1.26 bits per heavy atom. The number of nitrogens with one attached hydrogen (secondary N) is 1. The van der Waals surface area contributed by atoms with Crippen LogP contribution in [0.2, 0.25) is 0 Å². The maximum absolute atomic E-state index is 12.4. The van der Waals surface area contributed by atoms with Crippen molar-refractivity contribution < 1.29 is 47.8 Å². The van der Waals surface area contributed by atoms with E-state index in [1.54, 1.807) is 0 Å². The molecule has 0 aromatic rings. The average Bonchev–Trinajstić information content (AvgIpc) is 3.33. The Kier molecular flexibility index (Phi) is 49.4. The highest BCUT2D eigenvalue weighted by Gasteiger charge is 2.28. The van der Waals surface area contributed by atoms with Crippen molar-refractivity contribution in [2.75, 3.05) is 19.8 Å². The fourth-order valence-corrected chi connectivity index (χ4v) is 8.59. The number of amides is 1. The molecule has 69 heavy (non-hydrogen) atoms. The molecule has 0 radical (unpaired) electrons. The van der Waals surface area contributed by atoms with Crippen LogP contribution < -0.4 is 5.32 Å². The quantitative estimate of drug-likeness (QED) is 0.0199. The number of ether oxygens (including phenoxy) is 1. The van der Waals surface area contributed by atoms with E-state index >= 15 is 0 Å². The number of unbranched alkanes of at least 4 members (excludes halogenated alkanes) is 28. The lowest BCUT2D eigenvalue weighted by Gasteiger charge is -2.18. The van der Waals surface area contributed by atoms with Gasteiger partial charge in [-0.3, -0.25) is 18.6 Å². The molecule has 0 heterocycles. The third-order valence-electron chi connectivity index (χ3n) is 12.1. The van der Waals surface area contributed by atoms with Gasteiger partial charge < -0.3 is 25.2 Å². The van der Waals surface area contributed by atoms with Gasteiger partial charge in [-0.1, -0.05) is 242 Å². The summed E-state index contributed by atoms with van der Waals surface area (Å²) in [5.41, 5.74) is 0. The number of aliphatic hydroxyl groups excluding tert-OH is 1. The van der Waals surface area contributed by atoms with Crippen LogP contribution >= 0.6 is 7.82 Å². The Labute approximate surface area is 421 Å². The molecule has 4 N–H and O–H groups in total. The van der Waals surface area contributed by atoms with Gasteiger partial charge in [-0.05, 0) is 57.8 Å². The highest BCUT2D eigenvalue weighted by atomic mass is 31.2. The molecule has 0 fully saturated rings. The number of phosphoric acid groups is 1. The zero-order valence-electron chi connectivity index (χ0n) is 43.9. The molecule has 0 saturated heterocycles. The van der Waals surface area contributed by atoms with E-state index in [1.807, 2.05) is 0 Å². The highest BCUT2D eigenvalue weighted by molar-refractivity contribution is 7.47. The molecule has 12 heteroatoms. The Hall–Kier alpha value is -2.82. The van der Waals surface area contributed by atoms with Crippen LogP contribution in [-0.2, 0) is 32.7 Å². The van der Waals surface area contributed by atoms with Crippen molar-refractivity contribution >= 4 is 25.7 Å². The van der Waals surface area contributed by atoms with Crippen LogP contribution in [0.15, 0.2) is 60.8 Å². The lowest BCUT2D eigenvalue weighted by molar-refractivity contribution is -0.147. The molecule has 0 aromatic carbocycles. The Morgan fingerprint density at radius 1 is 0.478 bits per heavy atom. The Morgan fingerprint density at radius 2 is 0.841 bits per heavy atom. The van der Waals surface area contributed by atoms with Gasteiger partial charge in [0.25, 0.3) is 0 Å².